The zero-order valence-electron chi connectivity index (χ0n) is 11.9. The number of rotatable bonds is 5. The number of aliphatic hydroxyl groups is 1. The second kappa shape index (κ2) is 5.97. The lowest BCUT2D eigenvalue weighted by molar-refractivity contribution is 0.0929. The largest absolute Gasteiger partial charge is 0.491 e. The summed E-state index contributed by atoms with van der Waals surface area (Å²) in [5.74, 6) is 1.67. The van der Waals surface area contributed by atoms with Crippen LogP contribution in [0.4, 0.5) is 0 Å². The van der Waals surface area contributed by atoms with E-state index in [0.29, 0.717) is 6.54 Å². The van der Waals surface area contributed by atoms with Crippen molar-refractivity contribution >= 4 is 11.0 Å². The highest BCUT2D eigenvalue weighted by molar-refractivity contribution is 5.75. The van der Waals surface area contributed by atoms with Gasteiger partial charge in [-0.05, 0) is 31.2 Å². The van der Waals surface area contributed by atoms with Crippen LogP contribution in [-0.4, -0.2) is 27.4 Å². The monoisotopic (exact) mass is 282 g/mol. The minimum absolute atomic E-state index is 0.260. The molecule has 1 N–H and O–H groups in total. The maximum atomic E-state index is 10.2. The summed E-state index contributed by atoms with van der Waals surface area (Å²) in [5, 5.41) is 10.2. The maximum absolute atomic E-state index is 10.2. The first-order valence-electron chi connectivity index (χ1n) is 7.02. The molecule has 0 aliphatic heterocycles. The van der Waals surface area contributed by atoms with E-state index in [1.165, 1.54) is 0 Å². The lowest BCUT2D eigenvalue weighted by Gasteiger charge is -2.14. The molecule has 0 saturated heterocycles. The molecule has 1 atom stereocenters. The standard InChI is InChI=1S/C17H18N2O2/c1-13-18-16-9-5-6-10-17(16)19(13)11-14(20)12-21-15-7-3-2-4-8-15/h2-10,14,20H,11-12H2,1H3/t14-/m1/s1. The van der Waals surface area contributed by atoms with Gasteiger partial charge in [0.2, 0.25) is 0 Å². The van der Waals surface area contributed by atoms with Gasteiger partial charge < -0.3 is 14.4 Å². The van der Waals surface area contributed by atoms with Gasteiger partial charge in [-0.15, -0.1) is 0 Å². The third-order valence-electron chi connectivity index (χ3n) is 3.42. The minimum atomic E-state index is -0.582. The van der Waals surface area contributed by atoms with Gasteiger partial charge in [-0.3, -0.25) is 0 Å². The molecule has 0 fully saturated rings. The molecular weight excluding hydrogens is 264 g/mol. The molecule has 3 aromatic rings. The van der Waals surface area contributed by atoms with Crippen LogP contribution in [0.25, 0.3) is 11.0 Å². The topological polar surface area (TPSA) is 47.3 Å². The van der Waals surface area contributed by atoms with Gasteiger partial charge in [0.15, 0.2) is 0 Å². The number of hydrogen-bond donors (Lipinski definition) is 1. The Kier molecular flexibility index (Phi) is 3.88. The quantitative estimate of drug-likeness (QED) is 0.782. The fourth-order valence-corrected chi connectivity index (χ4v) is 2.40. The summed E-state index contributed by atoms with van der Waals surface area (Å²) in [6.45, 7) is 2.68. The van der Waals surface area contributed by atoms with Crippen molar-refractivity contribution in [2.75, 3.05) is 6.61 Å². The molecule has 1 heterocycles. The fourth-order valence-electron chi connectivity index (χ4n) is 2.40. The molecule has 1 aromatic heterocycles. The number of imidazole rings is 1. The van der Waals surface area contributed by atoms with E-state index in [1.807, 2.05) is 66.1 Å². The molecule has 3 rings (SSSR count). The lowest BCUT2D eigenvalue weighted by atomic mass is 10.3. The molecule has 108 valence electrons. The highest BCUT2D eigenvalue weighted by Crippen LogP contribution is 2.16. The summed E-state index contributed by atoms with van der Waals surface area (Å²) in [7, 11) is 0. The highest BCUT2D eigenvalue weighted by Gasteiger charge is 2.12. The average molecular weight is 282 g/mol. The van der Waals surface area contributed by atoms with Gasteiger partial charge in [0, 0.05) is 0 Å². The van der Waals surface area contributed by atoms with Crippen molar-refractivity contribution in [1.29, 1.82) is 0 Å². The SMILES string of the molecule is Cc1nc2ccccc2n1C[C@@H](O)COc1ccccc1. The van der Waals surface area contributed by atoms with Crippen molar-refractivity contribution in [3.05, 3.63) is 60.4 Å². The van der Waals surface area contributed by atoms with Gasteiger partial charge in [-0.1, -0.05) is 30.3 Å². The van der Waals surface area contributed by atoms with E-state index >= 15 is 0 Å². The van der Waals surface area contributed by atoms with Gasteiger partial charge in [-0.2, -0.15) is 0 Å². The Morgan fingerprint density at radius 3 is 2.62 bits per heavy atom. The van der Waals surface area contributed by atoms with E-state index in [2.05, 4.69) is 4.98 Å². The molecule has 0 amide bonds. The number of ether oxygens (including phenoxy) is 1. The van der Waals surface area contributed by atoms with Crippen LogP contribution in [0.2, 0.25) is 0 Å². The molecule has 21 heavy (non-hydrogen) atoms. The Morgan fingerprint density at radius 1 is 1.10 bits per heavy atom. The first-order chi connectivity index (χ1) is 10.2. The van der Waals surface area contributed by atoms with Crippen molar-refractivity contribution < 1.29 is 9.84 Å². The van der Waals surface area contributed by atoms with Crippen LogP contribution in [-0.2, 0) is 6.54 Å². The number of aromatic nitrogens is 2. The van der Waals surface area contributed by atoms with Crippen LogP contribution in [0.1, 0.15) is 5.82 Å². The first kappa shape index (κ1) is 13.6. The summed E-state index contributed by atoms with van der Waals surface area (Å²) in [6.07, 6.45) is -0.582. The molecule has 0 aliphatic carbocycles. The fraction of sp³-hybridized carbons (Fsp3) is 0.235. The first-order valence-corrected chi connectivity index (χ1v) is 7.02. The summed E-state index contributed by atoms with van der Waals surface area (Å²) in [5.41, 5.74) is 1.99. The zero-order valence-corrected chi connectivity index (χ0v) is 11.9. The molecule has 0 radical (unpaired) electrons. The average Bonchev–Trinajstić information content (AvgIpc) is 2.82. The molecule has 0 aliphatic rings. The molecule has 0 bridgehead atoms. The van der Waals surface area contributed by atoms with E-state index in [4.69, 9.17) is 4.74 Å². The normalized spacial score (nSPS) is 12.5. The van der Waals surface area contributed by atoms with Crippen molar-refractivity contribution in [3.8, 4) is 5.75 Å². The summed E-state index contributed by atoms with van der Waals surface area (Å²) < 4.78 is 7.61. The number of aryl methyl sites for hydroxylation is 1. The van der Waals surface area contributed by atoms with Crippen molar-refractivity contribution in [2.24, 2.45) is 0 Å². The van der Waals surface area contributed by atoms with E-state index in [9.17, 15) is 5.11 Å². The molecule has 4 nitrogen and oxygen atoms in total. The second-order valence-corrected chi connectivity index (χ2v) is 5.04. The maximum Gasteiger partial charge on any atom is 0.119 e. The number of para-hydroxylation sites is 3. The molecule has 0 unspecified atom stereocenters. The van der Waals surface area contributed by atoms with Gasteiger partial charge in [0.25, 0.3) is 0 Å². The second-order valence-electron chi connectivity index (χ2n) is 5.04. The number of aliphatic hydroxyl groups excluding tert-OH is 1. The van der Waals surface area contributed by atoms with Crippen molar-refractivity contribution in [3.63, 3.8) is 0 Å². The van der Waals surface area contributed by atoms with E-state index in [-0.39, 0.29) is 6.61 Å². The Morgan fingerprint density at radius 2 is 1.81 bits per heavy atom. The van der Waals surface area contributed by atoms with E-state index < -0.39 is 6.10 Å². The summed E-state index contributed by atoms with van der Waals surface area (Å²) in [4.78, 5) is 4.50. The van der Waals surface area contributed by atoms with Gasteiger partial charge in [0.05, 0.1) is 17.6 Å². The van der Waals surface area contributed by atoms with Gasteiger partial charge in [-0.25, -0.2) is 4.98 Å². The molecular formula is C17H18N2O2. The van der Waals surface area contributed by atoms with Crippen LogP contribution in [0.15, 0.2) is 54.6 Å². The number of hydrogen-bond acceptors (Lipinski definition) is 3. The third-order valence-corrected chi connectivity index (χ3v) is 3.42. The molecule has 0 saturated carbocycles. The predicted molar refractivity (Wildman–Crippen MR) is 82.4 cm³/mol. The van der Waals surface area contributed by atoms with Crippen LogP contribution < -0.4 is 4.74 Å². The van der Waals surface area contributed by atoms with Gasteiger partial charge in [0.1, 0.15) is 24.3 Å². The smallest absolute Gasteiger partial charge is 0.119 e. The van der Waals surface area contributed by atoms with Crippen LogP contribution in [0.3, 0.4) is 0 Å². The van der Waals surface area contributed by atoms with Crippen molar-refractivity contribution in [2.45, 2.75) is 19.6 Å². The van der Waals surface area contributed by atoms with Crippen LogP contribution >= 0.6 is 0 Å². The molecule has 2 aromatic carbocycles. The Labute approximate surface area is 123 Å². The van der Waals surface area contributed by atoms with Crippen molar-refractivity contribution in [1.82, 2.24) is 9.55 Å². The van der Waals surface area contributed by atoms with Gasteiger partial charge >= 0.3 is 0 Å². The third kappa shape index (κ3) is 3.06. The molecule has 4 heteroatoms. The number of nitrogens with zero attached hydrogens (tertiary/aromatic N) is 2. The minimum Gasteiger partial charge on any atom is -0.491 e. The Bertz CT molecular complexity index is 722. The predicted octanol–water partition coefficient (Wildman–Crippen LogP) is 2.78. The zero-order chi connectivity index (χ0) is 14.7. The molecule has 0 spiro atoms. The lowest BCUT2D eigenvalue weighted by Crippen LogP contribution is -2.24. The Balaban J connectivity index is 1.69. The van der Waals surface area contributed by atoms with E-state index in [1.54, 1.807) is 0 Å². The van der Waals surface area contributed by atoms with Crippen LogP contribution in [0, 0.1) is 6.92 Å². The summed E-state index contributed by atoms with van der Waals surface area (Å²) >= 11 is 0. The number of benzene rings is 2. The summed E-state index contributed by atoms with van der Waals surface area (Å²) in [6, 6.07) is 17.5. The van der Waals surface area contributed by atoms with E-state index in [0.717, 1.165) is 22.6 Å². The number of fused-ring (bicyclic) bond motifs is 1. The van der Waals surface area contributed by atoms with Crippen LogP contribution in [0.5, 0.6) is 5.75 Å². The highest BCUT2D eigenvalue weighted by atomic mass is 16.5. The Hall–Kier alpha value is -2.33.